The van der Waals surface area contributed by atoms with Crippen molar-refractivity contribution in [2.24, 2.45) is 5.92 Å². The lowest BCUT2D eigenvalue weighted by Gasteiger charge is -2.18. The maximum atomic E-state index is 13.4. The molecule has 0 fully saturated rings. The van der Waals surface area contributed by atoms with E-state index in [1.165, 1.54) is 12.1 Å². The molecule has 0 aromatic heterocycles. The summed E-state index contributed by atoms with van der Waals surface area (Å²) in [6, 6.07) is 1.01. The normalized spacial score (nSPS) is 12.1. The number of halogens is 2. The summed E-state index contributed by atoms with van der Waals surface area (Å²) in [7, 11) is 0. The van der Waals surface area contributed by atoms with E-state index in [0.29, 0.717) is 10.0 Å². The summed E-state index contributed by atoms with van der Waals surface area (Å²) in [5.41, 5.74) is 0.945. The van der Waals surface area contributed by atoms with Gasteiger partial charge in [0.25, 0.3) is 0 Å². The summed E-state index contributed by atoms with van der Waals surface area (Å²) in [5.74, 6) is -1.89. The molecule has 3 N–H and O–H groups in total. The van der Waals surface area contributed by atoms with Crippen LogP contribution in [0.5, 0.6) is 0 Å². The third-order valence-corrected chi connectivity index (χ3v) is 3.34. The van der Waals surface area contributed by atoms with Gasteiger partial charge < -0.3 is 15.7 Å². The number of aryl methyl sites for hydroxylation is 1. The lowest BCUT2D eigenvalue weighted by Crippen LogP contribution is -2.46. The molecule has 0 unspecified atom stereocenters. The Bertz CT molecular complexity index is 535. The maximum absolute atomic E-state index is 13.4. The Hall–Kier alpha value is -1.63. The first-order chi connectivity index (χ1) is 9.22. The number of hydrogen-bond donors (Lipinski definition) is 3. The van der Waals surface area contributed by atoms with Crippen molar-refractivity contribution in [3.05, 3.63) is 28.0 Å². The number of carbonyl (C=O) groups is 2. The minimum Gasteiger partial charge on any atom is -0.480 e. The van der Waals surface area contributed by atoms with Crippen molar-refractivity contribution >= 4 is 33.6 Å². The van der Waals surface area contributed by atoms with Crippen LogP contribution < -0.4 is 10.6 Å². The third kappa shape index (κ3) is 4.19. The summed E-state index contributed by atoms with van der Waals surface area (Å²) in [4.78, 5) is 22.7. The predicted molar refractivity (Wildman–Crippen MR) is 77.3 cm³/mol. The molecule has 1 atom stereocenters. The zero-order valence-corrected chi connectivity index (χ0v) is 12.9. The minimum atomic E-state index is -1.12. The molecule has 0 saturated carbocycles. The van der Waals surface area contributed by atoms with Crippen LogP contribution in [0.2, 0.25) is 0 Å². The van der Waals surface area contributed by atoms with Gasteiger partial charge in [-0.15, -0.1) is 0 Å². The molecule has 1 aromatic rings. The molecule has 1 rings (SSSR count). The molecular weight excluding hydrogens is 331 g/mol. The van der Waals surface area contributed by atoms with Crippen LogP contribution in [0, 0.1) is 18.7 Å². The standard InChI is InChI=1S/C13H16BrFN2O3/c1-6(2)11(12(18)19)17-13(20)16-10-5-9(15)8(14)4-7(10)3/h4-6,11H,1-3H3,(H,18,19)(H2,16,17,20)/t11-/m1/s1. The Morgan fingerprint density at radius 3 is 2.45 bits per heavy atom. The Morgan fingerprint density at radius 2 is 1.95 bits per heavy atom. The molecule has 7 heteroatoms. The first-order valence-corrected chi connectivity index (χ1v) is 6.77. The van der Waals surface area contributed by atoms with E-state index in [9.17, 15) is 14.0 Å². The summed E-state index contributed by atoms with van der Waals surface area (Å²) in [6.45, 7) is 5.07. The number of rotatable bonds is 4. The molecule has 110 valence electrons. The molecule has 0 spiro atoms. The number of carboxylic acids is 1. The number of carbonyl (C=O) groups excluding carboxylic acids is 1. The SMILES string of the molecule is Cc1cc(Br)c(F)cc1NC(=O)N[C@@H](C(=O)O)C(C)C. The van der Waals surface area contributed by atoms with Gasteiger partial charge in [0.15, 0.2) is 0 Å². The number of hydrogen-bond acceptors (Lipinski definition) is 2. The van der Waals surface area contributed by atoms with Gasteiger partial charge in [0.1, 0.15) is 11.9 Å². The molecular formula is C13H16BrFN2O3. The van der Waals surface area contributed by atoms with Crippen molar-refractivity contribution in [2.75, 3.05) is 5.32 Å². The van der Waals surface area contributed by atoms with Crippen LogP contribution in [-0.2, 0) is 4.79 Å². The van der Waals surface area contributed by atoms with Gasteiger partial charge in [-0.2, -0.15) is 0 Å². The van der Waals surface area contributed by atoms with Gasteiger partial charge in [-0.3, -0.25) is 0 Å². The van der Waals surface area contributed by atoms with Gasteiger partial charge in [-0.1, -0.05) is 13.8 Å². The first kappa shape index (κ1) is 16.4. The van der Waals surface area contributed by atoms with Crippen LogP contribution >= 0.6 is 15.9 Å². The number of carboxylic acid groups (broad SMARTS) is 1. The lowest BCUT2D eigenvalue weighted by molar-refractivity contribution is -0.140. The number of anilines is 1. The highest BCUT2D eigenvalue weighted by Gasteiger charge is 2.23. The fourth-order valence-electron chi connectivity index (χ4n) is 1.59. The molecule has 0 heterocycles. The summed E-state index contributed by atoms with van der Waals surface area (Å²) >= 11 is 3.04. The van der Waals surface area contributed by atoms with Crippen molar-refractivity contribution in [1.82, 2.24) is 5.32 Å². The van der Waals surface area contributed by atoms with Crippen molar-refractivity contribution in [1.29, 1.82) is 0 Å². The molecule has 0 aliphatic carbocycles. The van der Waals surface area contributed by atoms with Gasteiger partial charge in [0, 0.05) is 5.69 Å². The van der Waals surface area contributed by atoms with Crippen molar-refractivity contribution < 1.29 is 19.1 Å². The summed E-state index contributed by atoms with van der Waals surface area (Å²) in [5, 5.41) is 13.8. The van der Waals surface area contributed by atoms with E-state index < -0.39 is 23.9 Å². The first-order valence-electron chi connectivity index (χ1n) is 5.98. The molecule has 1 aromatic carbocycles. The van der Waals surface area contributed by atoms with E-state index in [1.807, 2.05) is 0 Å². The monoisotopic (exact) mass is 346 g/mol. The molecule has 20 heavy (non-hydrogen) atoms. The Kier molecular flexibility index (Phi) is 5.50. The number of urea groups is 1. The predicted octanol–water partition coefficient (Wildman–Crippen LogP) is 3.13. The Labute approximate surface area is 124 Å². The fraction of sp³-hybridized carbons (Fsp3) is 0.385. The van der Waals surface area contributed by atoms with Crippen LogP contribution in [-0.4, -0.2) is 23.1 Å². The van der Waals surface area contributed by atoms with Crippen molar-refractivity contribution in [2.45, 2.75) is 26.8 Å². The maximum Gasteiger partial charge on any atom is 0.326 e. The van der Waals surface area contributed by atoms with Gasteiger partial charge in [0.2, 0.25) is 0 Å². The third-order valence-electron chi connectivity index (χ3n) is 2.73. The highest BCUT2D eigenvalue weighted by molar-refractivity contribution is 9.10. The number of aliphatic carboxylic acids is 1. The molecule has 0 aliphatic rings. The van der Waals surface area contributed by atoms with Crippen LogP contribution in [0.3, 0.4) is 0 Å². The zero-order chi connectivity index (χ0) is 15.4. The van der Waals surface area contributed by atoms with Gasteiger partial charge in [-0.25, -0.2) is 14.0 Å². The summed E-state index contributed by atoms with van der Waals surface area (Å²) < 4.78 is 13.7. The smallest absolute Gasteiger partial charge is 0.326 e. The van der Waals surface area contributed by atoms with E-state index in [0.717, 1.165) is 0 Å². The van der Waals surface area contributed by atoms with E-state index in [2.05, 4.69) is 26.6 Å². The fourth-order valence-corrected chi connectivity index (χ4v) is 2.05. The summed E-state index contributed by atoms with van der Waals surface area (Å²) in [6.07, 6.45) is 0. The Morgan fingerprint density at radius 1 is 1.35 bits per heavy atom. The second kappa shape index (κ2) is 6.69. The highest BCUT2D eigenvalue weighted by Crippen LogP contribution is 2.23. The number of nitrogens with one attached hydrogen (secondary N) is 2. The van der Waals surface area contributed by atoms with E-state index in [1.54, 1.807) is 20.8 Å². The van der Waals surface area contributed by atoms with Gasteiger partial charge >= 0.3 is 12.0 Å². The van der Waals surface area contributed by atoms with Crippen LogP contribution in [0.4, 0.5) is 14.9 Å². The molecule has 0 radical (unpaired) electrons. The number of amides is 2. The van der Waals surface area contributed by atoms with Crippen LogP contribution in [0.25, 0.3) is 0 Å². The average Bonchev–Trinajstić information content (AvgIpc) is 2.32. The Balaban J connectivity index is 2.81. The molecule has 5 nitrogen and oxygen atoms in total. The van der Waals surface area contributed by atoms with Gasteiger partial charge in [0.05, 0.1) is 4.47 Å². The van der Waals surface area contributed by atoms with Crippen molar-refractivity contribution in [3.8, 4) is 0 Å². The molecule has 0 bridgehead atoms. The second-order valence-electron chi connectivity index (χ2n) is 4.74. The molecule has 0 aliphatic heterocycles. The number of benzene rings is 1. The largest absolute Gasteiger partial charge is 0.480 e. The molecule has 2 amide bonds. The average molecular weight is 347 g/mol. The zero-order valence-electron chi connectivity index (χ0n) is 11.3. The van der Waals surface area contributed by atoms with Crippen LogP contribution in [0.1, 0.15) is 19.4 Å². The molecule has 0 saturated heterocycles. The van der Waals surface area contributed by atoms with E-state index in [-0.39, 0.29) is 11.6 Å². The topological polar surface area (TPSA) is 78.4 Å². The minimum absolute atomic E-state index is 0.263. The highest BCUT2D eigenvalue weighted by atomic mass is 79.9. The van der Waals surface area contributed by atoms with Crippen LogP contribution in [0.15, 0.2) is 16.6 Å². The van der Waals surface area contributed by atoms with E-state index in [4.69, 9.17) is 5.11 Å². The lowest BCUT2D eigenvalue weighted by atomic mass is 10.1. The van der Waals surface area contributed by atoms with E-state index >= 15 is 0 Å². The van der Waals surface area contributed by atoms with Gasteiger partial charge in [-0.05, 0) is 46.5 Å². The second-order valence-corrected chi connectivity index (χ2v) is 5.59. The quantitative estimate of drug-likeness (QED) is 0.783. The van der Waals surface area contributed by atoms with Crippen molar-refractivity contribution in [3.63, 3.8) is 0 Å².